The quantitative estimate of drug-likeness (QED) is 0.781. The Morgan fingerprint density at radius 3 is 2.95 bits per heavy atom. The summed E-state index contributed by atoms with van der Waals surface area (Å²) in [5.41, 5.74) is 1.39. The average Bonchev–Trinajstić information content (AvgIpc) is 2.92. The molecule has 0 aliphatic heterocycles. The summed E-state index contributed by atoms with van der Waals surface area (Å²) in [4.78, 5) is 16.3. The number of fused-ring (bicyclic) bond motifs is 1. The van der Waals surface area contributed by atoms with Gasteiger partial charge in [-0.05, 0) is 30.3 Å². The highest BCUT2D eigenvalue weighted by Crippen LogP contribution is 2.26. The zero-order valence-electron chi connectivity index (χ0n) is 9.76. The summed E-state index contributed by atoms with van der Waals surface area (Å²) in [7, 11) is 0. The molecule has 0 spiro atoms. The van der Waals surface area contributed by atoms with Crippen molar-refractivity contribution in [1.29, 1.82) is 0 Å². The van der Waals surface area contributed by atoms with Gasteiger partial charge in [0.05, 0.1) is 17.5 Å². The Bertz CT molecular complexity index is 738. The fourth-order valence-electron chi connectivity index (χ4n) is 1.84. The smallest absolute Gasteiger partial charge is 0.291 e. The number of amides is 1. The molecular weight excluding hydrogens is 308 g/mol. The Morgan fingerprint density at radius 1 is 1.26 bits per heavy atom. The highest BCUT2D eigenvalue weighted by atomic mass is 79.9. The number of nitrogens with zero attached hydrogens (tertiary/aromatic N) is 1. The zero-order chi connectivity index (χ0) is 13.2. The number of aromatic nitrogens is 1. The molecule has 19 heavy (non-hydrogen) atoms. The number of halogens is 1. The van der Waals surface area contributed by atoms with E-state index >= 15 is 0 Å². The normalized spacial score (nSPS) is 10.6. The van der Waals surface area contributed by atoms with E-state index in [0.717, 1.165) is 15.4 Å². The first-order chi connectivity index (χ1) is 9.24. The molecule has 0 bridgehead atoms. The molecule has 2 heterocycles. The molecule has 5 heteroatoms. The van der Waals surface area contributed by atoms with Crippen molar-refractivity contribution in [2.24, 2.45) is 0 Å². The van der Waals surface area contributed by atoms with Crippen LogP contribution in [0.5, 0.6) is 0 Å². The molecule has 2 aromatic heterocycles. The summed E-state index contributed by atoms with van der Waals surface area (Å²) in [5.74, 6) is -0.0286. The number of furan rings is 1. The van der Waals surface area contributed by atoms with Crippen molar-refractivity contribution < 1.29 is 9.21 Å². The summed E-state index contributed by atoms with van der Waals surface area (Å²) in [6, 6.07) is 10.8. The van der Waals surface area contributed by atoms with E-state index in [1.807, 2.05) is 24.3 Å². The molecule has 0 fully saturated rings. The second-order valence-corrected chi connectivity index (χ2v) is 4.88. The zero-order valence-corrected chi connectivity index (χ0v) is 11.3. The Balaban J connectivity index is 2.03. The molecule has 4 nitrogen and oxygen atoms in total. The summed E-state index contributed by atoms with van der Waals surface area (Å²) in [6.45, 7) is 0. The summed E-state index contributed by atoms with van der Waals surface area (Å²) >= 11 is 3.42. The van der Waals surface area contributed by atoms with Crippen molar-refractivity contribution in [3.8, 4) is 0 Å². The van der Waals surface area contributed by atoms with Crippen molar-refractivity contribution >= 4 is 38.4 Å². The minimum Gasteiger partial charge on any atom is -0.459 e. The van der Waals surface area contributed by atoms with Crippen LogP contribution < -0.4 is 5.32 Å². The fourth-order valence-corrected chi connectivity index (χ4v) is 2.32. The van der Waals surface area contributed by atoms with Crippen LogP contribution >= 0.6 is 15.9 Å². The van der Waals surface area contributed by atoms with Crippen LogP contribution in [0.2, 0.25) is 0 Å². The Kier molecular flexibility index (Phi) is 3.05. The van der Waals surface area contributed by atoms with Crippen molar-refractivity contribution in [3.05, 3.63) is 59.1 Å². The van der Waals surface area contributed by atoms with Crippen LogP contribution in [-0.2, 0) is 0 Å². The topological polar surface area (TPSA) is 55.1 Å². The van der Waals surface area contributed by atoms with Crippen molar-refractivity contribution in [2.45, 2.75) is 0 Å². The van der Waals surface area contributed by atoms with Crippen molar-refractivity contribution in [3.63, 3.8) is 0 Å². The van der Waals surface area contributed by atoms with E-state index in [4.69, 9.17) is 4.42 Å². The lowest BCUT2D eigenvalue weighted by Crippen LogP contribution is -2.11. The van der Waals surface area contributed by atoms with Crippen LogP contribution in [0.1, 0.15) is 10.6 Å². The first-order valence-corrected chi connectivity index (χ1v) is 6.42. The molecule has 1 amide bonds. The standard InChI is InChI=1S/C14H9BrN2O2/c15-10-7-9-3-1-5-16-13(9)11(8-10)17-14(18)12-4-2-6-19-12/h1-8H,(H,17,18). The molecule has 0 radical (unpaired) electrons. The molecule has 0 saturated carbocycles. The van der Waals surface area contributed by atoms with E-state index in [9.17, 15) is 4.79 Å². The molecule has 1 N–H and O–H groups in total. The van der Waals surface area contributed by atoms with Gasteiger partial charge in [0.2, 0.25) is 0 Å². The molecule has 1 aromatic carbocycles. The summed E-state index contributed by atoms with van der Waals surface area (Å²) in [5, 5.41) is 3.75. The van der Waals surface area contributed by atoms with Crippen LogP contribution in [0.3, 0.4) is 0 Å². The van der Waals surface area contributed by atoms with Gasteiger partial charge in [0, 0.05) is 16.1 Å². The Labute approximate surface area is 117 Å². The third kappa shape index (κ3) is 2.37. The maximum atomic E-state index is 12.0. The number of anilines is 1. The highest BCUT2D eigenvalue weighted by Gasteiger charge is 2.11. The molecular formula is C14H9BrN2O2. The summed E-state index contributed by atoms with van der Waals surface area (Å²) in [6.07, 6.45) is 3.16. The van der Waals surface area contributed by atoms with Crippen LogP contribution in [-0.4, -0.2) is 10.9 Å². The van der Waals surface area contributed by atoms with Gasteiger partial charge in [0.1, 0.15) is 0 Å². The molecule has 3 aromatic rings. The average molecular weight is 317 g/mol. The van der Waals surface area contributed by atoms with Gasteiger partial charge in [0.15, 0.2) is 5.76 Å². The van der Waals surface area contributed by atoms with Crippen LogP contribution in [0.25, 0.3) is 10.9 Å². The third-order valence-corrected chi connectivity index (χ3v) is 3.12. The van der Waals surface area contributed by atoms with Gasteiger partial charge in [-0.2, -0.15) is 0 Å². The monoisotopic (exact) mass is 316 g/mol. The molecule has 0 aliphatic rings. The third-order valence-electron chi connectivity index (χ3n) is 2.66. The van der Waals surface area contributed by atoms with E-state index < -0.39 is 0 Å². The number of carbonyl (C=O) groups is 1. The predicted molar refractivity (Wildman–Crippen MR) is 76.1 cm³/mol. The number of nitrogens with one attached hydrogen (secondary N) is 1. The number of hydrogen-bond acceptors (Lipinski definition) is 3. The van der Waals surface area contributed by atoms with Gasteiger partial charge in [-0.15, -0.1) is 0 Å². The summed E-state index contributed by atoms with van der Waals surface area (Å²) < 4.78 is 5.94. The lowest BCUT2D eigenvalue weighted by atomic mass is 10.2. The molecule has 0 unspecified atom stereocenters. The maximum absolute atomic E-state index is 12.0. The van der Waals surface area contributed by atoms with Gasteiger partial charge in [-0.25, -0.2) is 0 Å². The van der Waals surface area contributed by atoms with Crippen LogP contribution in [0, 0.1) is 0 Å². The van der Waals surface area contributed by atoms with E-state index in [1.54, 1.807) is 18.3 Å². The van der Waals surface area contributed by atoms with Crippen LogP contribution in [0.4, 0.5) is 5.69 Å². The molecule has 0 saturated heterocycles. The lowest BCUT2D eigenvalue weighted by molar-refractivity contribution is 0.0997. The number of pyridine rings is 1. The van der Waals surface area contributed by atoms with E-state index in [1.165, 1.54) is 6.26 Å². The van der Waals surface area contributed by atoms with E-state index in [0.29, 0.717) is 5.69 Å². The van der Waals surface area contributed by atoms with E-state index in [-0.39, 0.29) is 11.7 Å². The van der Waals surface area contributed by atoms with Crippen molar-refractivity contribution in [2.75, 3.05) is 5.32 Å². The molecule has 0 aliphatic carbocycles. The fraction of sp³-hybridized carbons (Fsp3) is 0. The van der Waals surface area contributed by atoms with Gasteiger partial charge in [0.25, 0.3) is 5.91 Å². The highest BCUT2D eigenvalue weighted by molar-refractivity contribution is 9.10. The number of hydrogen-bond donors (Lipinski definition) is 1. The van der Waals surface area contributed by atoms with Gasteiger partial charge in [-0.1, -0.05) is 22.0 Å². The minimum absolute atomic E-state index is 0.268. The molecule has 0 atom stereocenters. The predicted octanol–water partition coefficient (Wildman–Crippen LogP) is 3.84. The van der Waals surface area contributed by atoms with Gasteiger partial charge in [-0.3, -0.25) is 9.78 Å². The molecule has 94 valence electrons. The molecule has 3 rings (SSSR count). The minimum atomic E-state index is -0.296. The largest absolute Gasteiger partial charge is 0.459 e. The SMILES string of the molecule is O=C(Nc1cc(Br)cc2cccnc12)c1ccco1. The van der Waals surface area contributed by atoms with Gasteiger partial charge >= 0.3 is 0 Å². The van der Waals surface area contributed by atoms with Crippen LogP contribution in [0.15, 0.2) is 57.7 Å². The van der Waals surface area contributed by atoms with E-state index in [2.05, 4.69) is 26.2 Å². The maximum Gasteiger partial charge on any atom is 0.291 e. The Morgan fingerprint density at radius 2 is 2.16 bits per heavy atom. The number of rotatable bonds is 2. The number of carbonyl (C=O) groups excluding carboxylic acids is 1. The second-order valence-electron chi connectivity index (χ2n) is 3.96. The lowest BCUT2D eigenvalue weighted by Gasteiger charge is -2.07. The first-order valence-electron chi connectivity index (χ1n) is 5.63. The first kappa shape index (κ1) is 11.9. The number of benzene rings is 1. The van der Waals surface area contributed by atoms with Crippen molar-refractivity contribution in [1.82, 2.24) is 4.98 Å². The second kappa shape index (κ2) is 4.85. The Hall–Kier alpha value is -2.14. The van der Waals surface area contributed by atoms with Gasteiger partial charge < -0.3 is 9.73 Å².